The van der Waals surface area contributed by atoms with E-state index in [-0.39, 0.29) is 13.2 Å². The number of benzene rings is 2. The molecule has 0 aromatic heterocycles. The molecule has 0 unspecified atom stereocenters. The van der Waals surface area contributed by atoms with Crippen LogP contribution in [-0.4, -0.2) is 10.2 Å². The maximum absolute atomic E-state index is 9.29. The Kier molecular flexibility index (Phi) is 4.14. The summed E-state index contributed by atoms with van der Waals surface area (Å²) in [5.74, 6) is 6.07. The number of aliphatic hydroxyl groups is 2. The van der Waals surface area contributed by atoms with Crippen LogP contribution in [0.4, 0.5) is 0 Å². The average molecular weight is 238 g/mol. The van der Waals surface area contributed by atoms with Crippen molar-refractivity contribution < 1.29 is 10.2 Å². The molecule has 0 aliphatic carbocycles. The van der Waals surface area contributed by atoms with Crippen molar-refractivity contribution in [2.75, 3.05) is 0 Å². The minimum absolute atomic E-state index is 0.0767. The van der Waals surface area contributed by atoms with E-state index < -0.39 is 0 Å². The Morgan fingerprint density at radius 3 is 1.89 bits per heavy atom. The van der Waals surface area contributed by atoms with Gasteiger partial charge < -0.3 is 10.2 Å². The van der Waals surface area contributed by atoms with E-state index in [0.29, 0.717) is 5.56 Å². The van der Waals surface area contributed by atoms with Gasteiger partial charge in [-0.15, -0.1) is 0 Å². The molecule has 0 heterocycles. The van der Waals surface area contributed by atoms with Gasteiger partial charge in [0.25, 0.3) is 0 Å². The normalized spacial score (nSPS) is 9.67. The van der Waals surface area contributed by atoms with Crippen LogP contribution in [0.5, 0.6) is 0 Å². The highest BCUT2D eigenvalue weighted by Gasteiger charge is 2.04. The zero-order valence-corrected chi connectivity index (χ0v) is 9.93. The maximum Gasteiger partial charge on any atom is 0.0694 e. The molecule has 2 nitrogen and oxygen atoms in total. The van der Waals surface area contributed by atoms with Gasteiger partial charge in [0.05, 0.1) is 13.2 Å². The van der Waals surface area contributed by atoms with Crippen LogP contribution >= 0.6 is 0 Å². The summed E-state index contributed by atoms with van der Waals surface area (Å²) < 4.78 is 0. The molecule has 2 aromatic carbocycles. The largest absolute Gasteiger partial charge is 0.392 e. The van der Waals surface area contributed by atoms with Gasteiger partial charge in [-0.05, 0) is 23.3 Å². The van der Waals surface area contributed by atoms with Crippen LogP contribution in [0.1, 0.15) is 22.3 Å². The highest BCUT2D eigenvalue weighted by atomic mass is 16.3. The second-order valence-corrected chi connectivity index (χ2v) is 3.88. The smallest absolute Gasteiger partial charge is 0.0694 e. The molecule has 2 rings (SSSR count). The van der Waals surface area contributed by atoms with E-state index in [1.165, 1.54) is 0 Å². The van der Waals surface area contributed by atoms with Crippen molar-refractivity contribution in [3.05, 3.63) is 70.8 Å². The zero-order valence-electron chi connectivity index (χ0n) is 9.93. The van der Waals surface area contributed by atoms with Crippen molar-refractivity contribution in [1.82, 2.24) is 0 Å². The maximum atomic E-state index is 9.29. The Bertz CT molecular complexity index is 555. The minimum Gasteiger partial charge on any atom is -0.392 e. The fourth-order valence-corrected chi connectivity index (χ4v) is 1.73. The number of rotatable bonds is 2. The minimum atomic E-state index is -0.0767. The fraction of sp³-hybridized carbons (Fsp3) is 0.125. The number of hydrogen-bond acceptors (Lipinski definition) is 2. The predicted molar refractivity (Wildman–Crippen MR) is 70.7 cm³/mol. The van der Waals surface area contributed by atoms with Crippen molar-refractivity contribution in [1.29, 1.82) is 0 Å². The first-order valence-corrected chi connectivity index (χ1v) is 5.74. The summed E-state index contributed by atoms with van der Waals surface area (Å²) in [5.41, 5.74) is 3.11. The van der Waals surface area contributed by atoms with Gasteiger partial charge in [-0.1, -0.05) is 48.2 Å². The van der Waals surface area contributed by atoms with Crippen molar-refractivity contribution in [2.24, 2.45) is 0 Å². The Balaban J connectivity index is 2.43. The highest BCUT2D eigenvalue weighted by molar-refractivity contribution is 5.50. The van der Waals surface area contributed by atoms with Crippen LogP contribution in [0, 0.1) is 11.8 Å². The highest BCUT2D eigenvalue weighted by Crippen LogP contribution is 2.14. The van der Waals surface area contributed by atoms with E-state index in [1.54, 1.807) is 0 Å². The van der Waals surface area contributed by atoms with Gasteiger partial charge in [-0.2, -0.15) is 0 Å². The van der Waals surface area contributed by atoms with Crippen LogP contribution < -0.4 is 0 Å². The zero-order chi connectivity index (χ0) is 12.8. The van der Waals surface area contributed by atoms with Crippen LogP contribution in [0.25, 0.3) is 0 Å². The second kappa shape index (κ2) is 6.02. The molecule has 0 amide bonds. The molecule has 0 aliphatic heterocycles. The third-order valence-corrected chi connectivity index (χ3v) is 2.68. The summed E-state index contributed by atoms with van der Waals surface area (Å²) in [7, 11) is 0. The van der Waals surface area contributed by atoms with E-state index in [9.17, 15) is 10.2 Å². The van der Waals surface area contributed by atoms with Gasteiger partial charge in [0.1, 0.15) is 0 Å². The molecule has 0 fully saturated rings. The van der Waals surface area contributed by atoms with Crippen molar-refractivity contribution in [2.45, 2.75) is 13.2 Å². The van der Waals surface area contributed by atoms with Crippen molar-refractivity contribution in [3.63, 3.8) is 0 Å². The first-order chi connectivity index (χ1) is 8.85. The van der Waals surface area contributed by atoms with Crippen LogP contribution in [0.15, 0.2) is 48.5 Å². The summed E-state index contributed by atoms with van der Waals surface area (Å²) in [4.78, 5) is 0. The van der Waals surface area contributed by atoms with Crippen molar-refractivity contribution in [3.8, 4) is 11.8 Å². The summed E-state index contributed by atoms with van der Waals surface area (Å²) in [5, 5.41) is 18.6. The lowest BCUT2D eigenvalue weighted by Gasteiger charge is -2.05. The quantitative estimate of drug-likeness (QED) is 0.786. The molecule has 2 aromatic rings. The standard InChI is InChI=1S/C16H14O2/c17-11-14-7-4-8-15(12-18)16(14)10-9-13-5-2-1-3-6-13/h1-8,17-18H,11-12H2. The summed E-state index contributed by atoms with van der Waals surface area (Å²) in [6, 6.07) is 15.1. The van der Waals surface area contributed by atoms with Gasteiger partial charge in [-0.25, -0.2) is 0 Å². The molecule has 0 atom stereocenters. The summed E-state index contributed by atoms with van der Waals surface area (Å²) in [6.07, 6.45) is 0. The SMILES string of the molecule is OCc1cccc(CO)c1C#Cc1ccccc1. The van der Waals surface area contributed by atoms with Gasteiger partial charge in [-0.3, -0.25) is 0 Å². The van der Waals surface area contributed by atoms with E-state index in [2.05, 4.69) is 11.8 Å². The lowest BCUT2D eigenvalue weighted by Crippen LogP contribution is -1.96. The van der Waals surface area contributed by atoms with Gasteiger partial charge in [0, 0.05) is 11.1 Å². The molecule has 0 saturated carbocycles. The van der Waals surface area contributed by atoms with Gasteiger partial charge in [0.15, 0.2) is 0 Å². The predicted octanol–water partition coefficient (Wildman–Crippen LogP) is 2.07. The molecule has 0 bridgehead atoms. The van der Waals surface area contributed by atoms with Gasteiger partial charge in [0.2, 0.25) is 0 Å². The molecule has 0 spiro atoms. The third kappa shape index (κ3) is 2.78. The average Bonchev–Trinajstić information content (AvgIpc) is 2.45. The first-order valence-electron chi connectivity index (χ1n) is 5.74. The Hall–Kier alpha value is -2.08. The summed E-state index contributed by atoms with van der Waals surface area (Å²) in [6.45, 7) is -0.153. The molecule has 2 N–H and O–H groups in total. The molecule has 0 saturated heterocycles. The molecular weight excluding hydrogens is 224 g/mol. The lowest BCUT2D eigenvalue weighted by molar-refractivity contribution is 0.275. The molecule has 18 heavy (non-hydrogen) atoms. The molecule has 2 heteroatoms. The monoisotopic (exact) mass is 238 g/mol. The van der Waals surface area contributed by atoms with E-state index >= 15 is 0 Å². The van der Waals surface area contributed by atoms with E-state index in [0.717, 1.165) is 16.7 Å². The Morgan fingerprint density at radius 1 is 0.722 bits per heavy atom. The second-order valence-electron chi connectivity index (χ2n) is 3.88. The first kappa shape index (κ1) is 12.4. The molecule has 0 radical (unpaired) electrons. The third-order valence-electron chi connectivity index (χ3n) is 2.68. The van der Waals surface area contributed by atoms with Gasteiger partial charge >= 0.3 is 0 Å². The Morgan fingerprint density at radius 2 is 1.33 bits per heavy atom. The van der Waals surface area contributed by atoms with E-state index in [1.807, 2.05) is 48.5 Å². The molecular formula is C16H14O2. The fourth-order valence-electron chi connectivity index (χ4n) is 1.73. The van der Waals surface area contributed by atoms with Crippen molar-refractivity contribution >= 4 is 0 Å². The topological polar surface area (TPSA) is 40.5 Å². The Labute approximate surface area is 107 Å². The molecule has 0 aliphatic rings. The lowest BCUT2D eigenvalue weighted by atomic mass is 10.0. The van der Waals surface area contributed by atoms with E-state index in [4.69, 9.17) is 0 Å². The summed E-state index contributed by atoms with van der Waals surface area (Å²) >= 11 is 0. The van der Waals surface area contributed by atoms with Crippen LogP contribution in [0.2, 0.25) is 0 Å². The number of aliphatic hydroxyl groups excluding tert-OH is 2. The van der Waals surface area contributed by atoms with Crippen LogP contribution in [-0.2, 0) is 13.2 Å². The van der Waals surface area contributed by atoms with Crippen LogP contribution in [0.3, 0.4) is 0 Å². The number of hydrogen-bond donors (Lipinski definition) is 2. The molecule has 90 valence electrons.